The topological polar surface area (TPSA) is 106 Å². The van der Waals surface area contributed by atoms with Crippen LogP contribution in [0.5, 0.6) is 5.75 Å². The van der Waals surface area contributed by atoms with Gasteiger partial charge in [0.15, 0.2) is 0 Å². The number of hydrogen-bond acceptors (Lipinski definition) is 5. The maximum Gasteiger partial charge on any atom is 0.339 e. The number of amides is 1. The Bertz CT molecular complexity index is 931. The number of fused-ring (bicyclic) bond motifs is 1. The normalized spacial score (nSPS) is 12.0. The Morgan fingerprint density at radius 2 is 1.96 bits per heavy atom. The van der Waals surface area contributed by atoms with Crippen LogP contribution >= 0.6 is 0 Å². The Kier molecular flexibility index (Phi) is 7.20. The van der Waals surface area contributed by atoms with Crippen molar-refractivity contribution in [1.82, 2.24) is 5.32 Å². The molecule has 7 heteroatoms. The number of carbonyl (C=O) groups is 2. The largest absolute Gasteiger partial charge is 0.496 e. The van der Waals surface area contributed by atoms with Gasteiger partial charge in [-0.2, -0.15) is 0 Å². The quantitative estimate of drug-likeness (QED) is 0.638. The van der Waals surface area contributed by atoms with Crippen molar-refractivity contribution in [1.29, 1.82) is 0 Å². The zero-order valence-electron chi connectivity index (χ0n) is 16.8. The van der Waals surface area contributed by atoms with E-state index in [0.29, 0.717) is 29.7 Å². The standard InChI is InChI=1S/C21H27NO6/c1-5-6-7-16(20(24)25)22-18(23)11-9-15-12(2)14-8-10-17(27-4)13(3)19(14)28-21(15)26/h8,10,16H,5-7,9,11H2,1-4H3,(H,22,23)(H,24,25)/t16-/m1/s1. The molecular weight excluding hydrogens is 362 g/mol. The summed E-state index contributed by atoms with van der Waals surface area (Å²) >= 11 is 0. The van der Waals surface area contributed by atoms with E-state index in [1.807, 2.05) is 32.9 Å². The van der Waals surface area contributed by atoms with Gasteiger partial charge in [-0.05, 0) is 44.4 Å². The second kappa shape index (κ2) is 9.39. The first kappa shape index (κ1) is 21.5. The highest BCUT2D eigenvalue weighted by Crippen LogP contribution is 2.29. The number of ether oxygens (including phenoxy) is 1. The van der Waals surface area contributed by atoms with E-state index in [1.54, 1.807) is 7.11 Å². The molecule has 2 N–H and O–H groups in total. The number of aliphatic carboxylic acids is 1. The van der Waals surface area contributed by atoms with E-state index >= 15 is 0 Å². The maximum absolute atomic E-state index is 12.5. The average Bonchev–Trinajstić information content (AvgIpc) is 2.65. The Hall–Kier alpha value is -2.83. The third-order valence-corrected chi connectivity index (χ3v) is 4.96. The predicted molar refractivity (Wildman–Crippen MR) is 106 cm³/mol. The van der Waals surface area contributed by atoms with Crippen LogP contribution in [0.25, 0.3) is 11.0 Å². The van der Waals surface area contributed by atoms with E-state index < -0.39 is 23.5 Å². The Morgan fingerprint density at radius 3 is 2.57 bits per heavy atom. The van der Waals surface area contributed by atoms with E-state index in [-0.39, 0.29) is 12.8 Å². The van der Waals surface area contributed by atoms with Gasteiger partial charge in [0.1, 0.15) is 17.4 Å². The molecule has 1 aromatic heterocycles. The van der Waals surface area contributed by atoms with E-state index in [9.17, 15) is 19.5 Å². The van der Waals surface area contributed by atoms with Crippen LogP contribution in [-0.4, -0.2) is 30.1 Å². The van der Waals surface area contributed by atoms with Gasteiger partial charge in [0, 0.05) is 22.9 Å². The van der Waals surface area contributed by atoms with Crippen LogP contribution in [0.1, 0.15) is 49.3 Å². The van der Waals surface area contributed by atoms with Crippen LogP contribution in [0.15, 0.2) is 21.3 Å². The second-order valence-electron chi connectivity index (χ2n) is 6.86. The third kappa shape index (κ3) is 4.71. The summed E-state index contributed by atoms with van der Waals surface area (Å²) in [6.45, 7) is 5.60. The molecule has 1 heterocycles. The summed E-state index contributed by atoms with van der Waals surface area (Å²) in [7, 11) is 1.55. The number of unbranched alkanes of at least 4 members (excludes halogenated alkanes) is 1. The Labute approximate surface area is 163 Å². The molecule has 0 aliphatic rings. The fraction of sp³-hybridized carbons (Fsp3) is 0.476. The van der Waals surface area contributed by atoms with Gasteiger partial charge < -0.3 is 19.6 Å². The molecule has 0 radical (unpaired) electrons. The molecule has 0 saturated heterocycles. The molecule has 0 fully saturated rings. The van der Waals surface area contributed by atoms with Crippen molar-refractivity contribution in [3.63, 3.8) is 0 Å². The van der Waals surface area contributed by atoms with Gasteiger partial charge in [0.25, 0.3) is 0 Å². The fourth-order valence-electron chi connectivity index (χ4n) is 3.25. The van der Waals surface area contributed by atoms with Crippen LogP contribution in [0, 0.1) is 13.8 Å². The van der Waals surface area contributed by atoms with Gasteiger partial charge in [0.05, 0.1) is 7.11 Å². The first-order chi connectivity index (χ1) is 13.3. The minimum absolute atomic E-state index is 0.0160. The molecule has 28 heavy (non-hydrogen) atoms. The van der Waals surface area contributed by atoms with E-state index in [1.165, 1.54) is 0 Å². The zero-order chi connectivity index (χ0) is 20.8. The Morgan fingerprint density at radius 1 is 1.25 bits per heavy atom. The summed E-state index contributed by atoms with van der Waals surface area (Å²) < 4.78 is 10.8. The number of rotatable bonds is 9. The number of methoxy groups -OCH3 is 1. The minimum Gasteiger partial charge on any atom is -0.496 e. The van der Waals surface area contributed by atoms with Crippen molar-refractivity contribution in [3.05, 3.63) is 39.2 Å². The molecule has 0 aliphatic carbocycles. The summed E-state index contributed by atoms with van der Waals surface area (Å²) in [6.07, 6.45) is 2.15. The summed E-state index contributed by atoms with van der Waals surface area (Å²) in [6, 6.07) is 2.73. The van der Waals surface area contributed by atoms with E-state index in [4.69, 9.17) is 9.15 Å². The molecule has 152 valence electrons. The first-order valence-electron chi connectivity index (χ1n) is 9.42. The maximum atomic E-state index is 12.5. The number of carboxylic acid groups (broad SMARTS) is 1. The average molecular weight is 389 g/mol. The highest BCUT2D eigenvalue weighted by Gasteiger charge is 2.20. The highest BCUT2D eigenvalue weighted by molar-refractivity contribution is 5.86. The number of aryl methyl sites for hydroxylation is 2. The van der Waals surface area contributed by atoms with E-state index in [0.717, 1.165) is 22.9 Å². The van der Waals surface area contributed by atoms with Gasteiger partial charge in [-0.3, -0.25) is 4.79 Å². The monoisotopic (exact) mass is 389 g/mol. The number of carboxylic acids is 1. The molecule has 2 rings (SSSR count). The third-order valence-electron chi connectivity index (χ3n) is 4.96. The molecule has 1 aromatic carbocycles. The highest BCUT2D eigenvalue weighted by atomic mass is 16.5. The second-order valence-corrected chi connectivity index (χ2v) is 6.86. The van der Waals surface area contributed by atoms with Crippen LogP contribution in [-0.2, 0) is 16.0 Å². The van der Waals surface area contributed by atoms with Crippen molar-refractivity contribution >= 4 is 22.8 Å². The van der Waals surface area contributed by atoms with Crippen LogP contribution in [0.3, 0.4) is 0 Å². The lowest BCUT2D eigenvalue weighted by Gasteiger charge is -2.14. The van der Waals surface area contributed by atoms with Gasteiger partial charge in [-0.1, -0.05) is 19.8 Å². The molecule has 1 atom stereocenters. The van der Waals surface area contributed by atoms with Crippen molar-refractivity contribution < 1.29 is 23.8 Å². The summed E-state index contributed by atoms with van der Waals surface area (Å²) in [4.78, 5) is 35.9. The zero-order valence-corrected chi connectivity index (χ0v) is 16.8. The van der Waals surface area contributed by atoms with Crippen LogP contribution < -0.4 is 15.7 Å². The Balaban J connectivity index is 2.19. The molecular formula is C21H27NO6. The number of nitrogens with one attached hydrogen (secondary N) is 1. The fourth-order valence-corrected chi connectivity index (χ4v) is 3.25. The molecule has 1 amide bonds. The molecule has 0 spiro atoms. The minimum atomic E-state index is -1.05. The van der Waals surface area contributed by atoms with Crippen molar-refractivity contribution in [3.8, 4) is 5.75 Å². The van der Waals surface area contributed by atoms with Gasteiger partial charge in [0.2, 0.25) is 5.91 Å². The van der Waals surface area contributed by atoms with Crippen molar-refractivity contribution in [2.75, 3.05) is 7.11 Å². The van der Waals surface area contributed by atoms with Crippen LogP contribution in [0.4, 0.5) is 0 Å². The smallest absolute Gasteiger partial charge is 0.339 e. The molecule has 0 aliphatic heterocycles. The molecule has 2 aromatic rings. The number of hydrogen-bond donors (Lipinski definition) is 2. The molecule has 0 saturated carbocycles. The number of carbonyl (C=O) groups excluding carboxylic acids is 1. The SMILES string of the molecule is CCCC[C@@H](NC(=O)CCc1c(C)c2ccc(OC)c(C)c2oc1=O)C(=O)O. The summed E-state index contributed by atoms with van der Waals surface area (Å²) in [5.41, 5.74) is 1.90. The lowest BCUT2D eigenvalue weighted by molar-refractivity contribution is -0.142. The van der Waals surface area contributed by atoms with E-state index in [2.05, 4.69) is 5.32 Å². The van der Waals surface area contributed by atoms with Crippen molar-refractivity contribution in [2.45, 2.75) is 58.9 Å². The lowest BCUT2D eigenvalue weighted by atomic mass is 10.00. The van der Waals surface area contributed by atoms with Gasteiger partial charge in [-0.15, -0.1) is 0 Å². The summed E-state index contributed by atoms with van der Waals surface area (Å²) in [5.74, 6) is -0.810. The molecule has 0 unspecified atom stereocenters. The molecule has 0 bridgehead atoms. The first-order valence-corrected chi connectivity index (χ1v) is 9.42. The molecule has 7 nitrogen and oxygen atoms in total. The lowest BCUT2D eigenvalue weighted by Crippen LogP contribution is -2.40. The summed E-state index contributed by atoms with van der Waals surface area (Å²) in [5, 5.41) is 12.5. The van der Waals surface area contributed by atoms with Gasteiger partial charge >= 0.3 is 11.6 Å². The van der Waals surface area contributed by atoms with Gasteiger partial charge in [-0.25, -0.2) is 9.59 Å². The predicted octanol–water partition coefficient (Wildman–Crippen LogP) is 3.11. The van der Waals surface area contributed by atoms with Crippen LogP contribution in [0.2, 0.25) is 0 Å². The number of benzene rings is 1. The van der Waals surface area contributed by atoms with Crippen molar-refractivity contribution in [2.24, 2.45) is 0 Å².